The zero-order valence-corrected chi connectivity index (χ0v) is 63.5. The van der Waals surface area contributed by atoms with E-state index in [-0.39, 0.29) is 18.7 Å². The molecule has 24 atom stereocenters. The number of allylic oxidation sites excluding steroid dienone is 1. The smallest absolute Gasteiger partial charge is 0.364 e. The van der Waals surface area contributed by atoms with Gasteiger partial charge in [0.15, 0.2) is 12.6 Å². The SMILES string of the molecule is CCCCCCCCCCCCC/C=C/C(O)C(CO[C@@H]1O[C@H](CO)[C@@H](O[C@@H]2O[C@H](CO)[C@H](O)[C@H](O[C@]3(C(=O)O)C[C@H](O)[C@@H](NC(C)=O)[C@H](C(O)C(CO)CO[C@]4(C(=O)O)C[C@H](O)[C@@H](NC(=O)CO)[C@H](C(O)C(O)COC(=O)CC)O4)O3)[C@H]2O)[C@H](O)[C@H]1O)NC(=O)CCCCCCCCCCCCCCCCC. The molecule has 0 bridgehead atoms. The minimum atomic E-state index is -3.35. The van der Waals surface area contributed by atoms with Crippen LogP contribution in [0.3, 0.4) is 0 Å². The van der Waals surface area contributed by atoms with Crippen LogP contribution in [0.4, 0.5) is 0 Å². The number of rotatable bonds is 56. The maximum absolute atomic E-state index is 13.6. The number of hydrogen-bond donors (Lipinski definition) is 19. The summed E-state index contributed by atoms with van der Waals surface area (Å²) in [6.07, 6.45) is -5.88. The number of aliphatic hydroxyl groups excluding tert-OH is 14. The van der Waals surface area contributed by atoms with Gasteiger partial charge in [0.25, 0.3) is 11.6 Å². The van der Waals surface area contributed by atoms with Crippen LogP contribution in [0.5, 0.6) is 0 Å². The second kappa shape index (κ2) is 51.4. The van der Waals surface area contributed by atoms with Crippen molar-refractivity contribution in [3.05, 3.63) is 12.2 Å². The van der Waals surface area contributed by atoms with E-state index in [1.54, 1.807) is 6.08 Å². The first-order valence-corrected chi connectivity index (χ1v) is 39.3. The van der Waals surface area contributed by atoms with Gasteiger partial charge in [-0.15, -0.1) is 0 Å². The van der Waals surface area contributed by atoms with Crippen LogP contribution in [0.2, 0.25) is 0 Å². The van der Waals surface area contributed by atoms with Crippen LogP contribution in [0, 0.1) is 5.92 Å². The van der Waals surface area contributed by atoms with E-state index in [4.69, 9.17) is 42.6 Å². The van der Waals surface area contributed by atoms with Gasteiger partial charge in [-0.3, -0.25) is 19.2 Å². The maximum atomic E-state index is 13.6. The predicted molar refractivity (Wildman–Crippen MR) is 383 cm³/mol. The fourth-order valence-corrected chi connectivity index (χ4v) is 13.9. The normalized spacial score (nSPS) is 30.6. The molecule has 628 valence electrons. The molecule has 4 heterocycles. The Bertz CT molecular complexity index is 2580. The van der Waals surface area contributed by atoms with Crippen LogP contribution in [0.15, 0.2) is 12.2 Å². The summed E-state index contributed by atoms with van der Waals surface area (Å²) in [5.41, 5.74) is 0. The van der Waals surface area contributed by atoms with Crippen LogP contribution in [-0.2, 0) is 71.4 Å². The van der Waals surface area contributed by atoms with Crippen molar-refractivity contribution in [3.8, 4) is 0 Å². The first kappa shape index (κ1) is 96.1. The van der Waals surface area contributed by atoms with Gasteiger partial charge < -0.3 is 140 Å². The Morgan fingerprint density at radius 3 is 1.53 bits per heavy atom. The lowest BCUT2D eigenvalue weighted by molar-refractivity contribution is -0.386. The Labute approximate surface area is 633 Å². The maximum Gasteiger partial charge on any atom is 0.364 e. The van der Waals surface area contributed by atoms with E-state index in [1.165, 1.54) is 116 Å². The quantitative estimate of drug-likeness (QED) is 0.0224. The highest BCUT2D eigenvalue weighted by Gasteiger charge is 2.62. The fraction of sp³-hybridized carbons (Fsp3) is 0.892. The van der Waals surface area contributed by atoms with Crippen LogP contribution in [0.25, 0.3) is 0 Å². The van der Waals surface area contributed by atoms with Crippen LogP contribution in [-0.4, -0.2) is 304 Å². The molecule has 34 nitrogen and oxygen atoms in total. The molecule has 4 fully saturated rings. The van der Waals surface area contributed by atoms with Crippen molar-refractivity contribution in [2.45, 2.75) is 367 Å². The van der Waals surface area contributed by atoms with Crippen molar-refractivity contribution >= 4 is 35.6 Å². The molecule has 3 amide bonds. The number of carbonyl (C=O) groups excluding carboxylic acids is 4. The molecule has 4 aliphatic rings. The molecule has 0 aliphatic carbocycles. The summed E-state index contributed by atoms with van der Waals surface area (Å²) in [5, 5.41) is 186. The molecule has 108 heavy (non-hydrogen) atoms. The Morgan fingerprint density at radius 1 is 0.537 bits per heavy atom. The lowest BCUT2D eigenvalue weighted by Crippen LogP contribution is -2.71. The van der Waals surface area contributed by atoms with Gasteiger partial charge in [-0.05, 0) is 19.3 Å². The zero-order valence-electron chi connectivity index (χ0n) is 63.5. The fourth-order valence-electron chi connectivity index (χ4n) is 13.9. The van der Waals surface area contributed by atoms with E-state index in [0.717, 1.165) is 58.3 Å². The van der Waals surface area contributed by atoms with Gasteiger partial charge in [-0.2, -0.15) is 0 Å². The standard InChI is InChI=1S/C74H131N3O31/c1-5-8-10-12-14-16-18-20-21-23-25-27-29-31-33-35-54(87)76-47(48(83)34-32-30-28-26-24-22-19-17-15-13-11-9-6-2)43-101-69-63(94)62(93)65(53(40-80)104-69)105-70-64(95)68(61(92)52(39-79)103-70)108-74(72(98)99)37-50(85)57(75-45(4)82)66(107-74)59(90)46(38-78)42-102-73(71(96)97)36-49(84)58(77-55(88)41-81)67(106-73)60(91)51(86)44-100-56(89)7-3/h32,34,46-53,57-70,78-81,83-86,90-95H,5-31,33,35-44H2,1-4H3,(H,75,82)(H,76,87)(H,77,88)(H,96,97)(H,98,99)/b34-32+/t46?,47?,48?,49-,50-,51?,52+,53+,57+,58+,59?,60?,61-,62+,63+,64+,65+,66+,67+,68-,69+,70-,73+,74-/m0/s1. The number of ether oxygens (including phenoxy) is 9. The number of aliphatic hydroxyl groups is 14. The number of nitrogens with one attached hydrogen (secondary N) is 3. The molecular weight excluding hydrogens is 1430 g/mol. The van der Waals surface area contributed by atoms with Gasteiger partial charge >= 0.3 is 17.9 Å². The van der Waals surface area contributed by atoms with Crippen molar-refractivity contribution < 1.29 is 153 Å². The van der Waals surface area contributed by atoms with Crippen molar-refractivity contribution in [2.75, 3.05) is 46.2 Å². The van der Waals surface area contributed by atoms with Crippen molar-refractivity contribution in [1.82, 2.24) is 16.0 Å². The van der Waals surface area contributed by atoms with E-state index >= 15 is 0 Å². The highest BCUT2D eigenvalue weighted by Crippen LogP contribution is 2.41. The molecular formula is C74H131N3O31. The predicted octanol–water partition coefficient (Wildman–Crippen LogP) is 0.520. The summed E-state index contributed by atoms with van der Waals surface area (Å²) >= 11 is 0. The van der Waals surface area contributed by atoms with Gasteiger partial charge in [0.2, 0.25) is 17.7 Å². The van der Waals surface area contributed by atoms with Gasteiger partial charge in [-0.25, -0.2) is 9.59 Å². The minimum absolute atomic E-state index is 0.152. The topological polar surface area (TPSA) is 545 Å². The number of hydrogen-bond acceptors (Lipinski definition) is 29. The number of carboxylic acids is 2. The Balaban J connectivity index is 1.51. The summed E-state index contributed by atoms with van der Waals surface area (Å²) in [6.45, 7) is -0.387. The van der Waals surface area contributed by atoms with E-state index < -0.39 is 235 Å². The molecule has 6 unspecified atom stereocenters. The van der Waals surface area contributed by atoms with E-state index in [0.29, 0.717) is 12.8 Å². The molecule has 4 aliphatic heterocycles. The first-order chi connectivity index (χ1) is 51.6. The minimum Gasteiger partial charge on any atom is -0.477 e. The second-order valence-electron chi connectivity index (χ2n) is 29.2. The van der Waals surface area contributed by atoms with Crippen molar-refractivity contribution in [1.29, 1.82) is 0 Å². The van der Waals surface area contributed by atoms with Gasteiger partial charge in [0.05, 0.1) is 75.6 Å². The summed E-state index contributed by atoms with van der Waals surface area (Å²) in [6, 6.07) is -4.77. The first-order valence-electron chi connectivity index (χ1n) is 39.3. The molecule has 0 aromatic rings. The molecule has 4 rings (SSSR count). The Morgan fingerprint density at radius 2 is 1.03 bits per heavy atom. The number of carboxylic acid groups (broad SMARTS) is 2. The molecule has 0 aromatic carbocycles. The number of amides is 3. The zero-order chi connectivity index (χ0) is 79.9. The molecule has 34 heteroatoms. The van der Waals surface area contributed by atoms with Gasteiger partial charge in [0, 0.05) is 38.5 Å². The third kappa shape index (κ3) is 30.9. The molecule has 0 saturated carbocycles. The highest BCUT2D eigenvalue weighted by molar-refractivity contribution is 5.79. The average molecular weight is 1560 g/mol. The summed E-state index contributed by atoms with van der Waals surface area (Å²) in [4.78, 5) is 77.2. The Kier molecular flexibility index (Phi) is 45.7. The summed E-state index contributed by atoms with van der Waals surface area (Å²) < 4.78 is 51.6. The lowest BCUT2D eigenvalue weighted by atomic mass is 9.85. The van der Waals surface area contributed by atoms with Gasteiger partial charge in [-0.1, -0.05) is 187 Å². The van der Waals surface area contributed by atoms with E-state index in [9.17, 15) is 110 Å². The van der Waals surface area contributed by atoms with E-state index in [2.05, 4.69) is 29.8 Å². The molecule has 19 N–H and O–H groups in total. The average Bonchev–Trinajstić information content (AvgIpc) is 0.765. The molecule has 4 saturated heterocycles. The van der Waals surface area contributed by atoms with Crippen LogP contribution in [0.1, 0.15) is 227 Å². The van der Waals surface area contributed by atoms with E-state index in [1.807, 2.05) is 6.08 Å². The number of carbonyl (C=O) groups is 6. The largest absolute Gasteiger partial charge is 0.477 e. The third-order valence-corrected chi connectivity index (χ3v) is 20.4. The van der Waals surface area contributed by atoms with Crippen LogP contribution >= 0.6 is 0 Å². The lowest BCUT2D eigenvalue weighted by Gasteiger charge is -2.51. The highest BCUT2D eigenvalue weighted by atomic mass is 16.8. The Hall–Kier alpha value is -4.32. The summed E-state index contributed by atoms with van der Waals surface area (Å²) in [5.74, 6) is -15.9. The third-order valence-electron chi connectivity index (χ3n) is 20.4. The van der Waals surface area contributed by atoms with Crippen LogP contribution < -0.4 is 16.0 Å². The number of aliphatic carboxylic acids is 2. The monoisotopic (exact) mass is 1560 g/mol. The molecule has 0 radical (unpaired) electrons. The summed E-state index contributed by atoms with van der Waals surface area (Å²) in [7, 11) is 0. The van der Waals surface area contributed by atoms with Crippen molar-refractivity contribution in [2.24, 2.45) is 5.92 Å². The van der Waals surface area contributed by atoms with Crippen molar-refractivity contribution in [3.63, 3.8) is 0 Å². The molecule has 0 spiro atoms. The van der Waals surface area contributed by atoms with Gasteiger partial charge in [0.1, 0.15) is 86.5 Å². The number of esters is 1. The second-order valence-corrected chi connectivity index (χ2v) is 29.2. The number of unbranched alkanes of at least 4 members (excludes halogenated alkanes) is 25. The molecule has 0 aromatic heterocycles.